The highest BCUT2D eigenvalue weighted by molar-refractivity contribution is 14.1. The molecule has 5 heteroatoms. The van der Waals surface area contributed by atoms with Crippen molar-refractivity contribution < 1.29 is 4.79 Å². The van der Waals surface area contributed by atoms with Crippen molar-refractivity contribution in [3.63, 3.8) is 0 Å². The summed E-state index contributed by atoms with van der Waals surface area (Å²) in [6, 6.07) is 21.6. The first-order chi connectivity index (χ1) is 12.6. The Bertz CT molecular complexity index is 987. The Balaban J connectivity index is 1.87. The maximum atomic E-state index is 13.1. The molecule has 4 nitrogen and oxygen atoms in total. The number of hydrogen-bond acceptors (Lipinski definition) is 3. The number of carbonyl (C=O) groups excluding carboxylic acids is 1. The van der Waals surface area contributed by atoms with Crippen LogP contribution in [0.2, 0.25) is 0 Å². The van der Waals surface area contributed by atoms with Gasteiger partial charge >= 0.3 is 0 Å². The van der Waals surface area contributed by atoms with Gasteiger partial charge in [0, 0.05) is 22.4 Å². The van der Waals surface area contributed by atoms with Gasteiger partial charge in [-0.2, -0.15) is 0 Å². The standard InChI is InChI=1S/C21H16IN3O/c1-24(20-9-5-6-12-23-20)25-19(13-15-7-3-2-4-8-15)18-14-16(22)10-11-17(18)21(25)26/h2-14H,1H3/b19-13-. The molecule has 1 aliphatic heterocycles. The summed E-state index contributed by atoms with van der Waals surface area (Å²) in [6.07, 6.45) is 3.77. The molecule has 0 bridgehead atoms. The second-order valence-corrected chi connectivity index (χ2v) is 7.20. The summed E-state index contributed by atoms with van der Waals surface area (Å²) in [4.78, 5) is 17.5. The van der Waals surface area contributed by atoms with E-state index in [4.69, 9.17) is 0 Å². The molecule has 0 spiro atoms. The summed E-state index contributed by atoms with van der Waals surface area (Å²) in [6.45, 7) is 0. The van der Waals surface area contributed by atoms with Crippen LogP contribution in [0.25, 0.3) is 11.8 Å². The van der Waals surface area contributed by atoms with E-state index >= 15 is 0 Å². The van der Waals surface area contributed by atoms with Gasteiger partial charge in [-0.25, -0.2) is 9.99 Å². The van der Waals surface area contributed by atoms with Crippen LogP contribution < -0.4 is 5.01 Å². The number of fused-ring (bicyclic) bond motifs is 1. The van der Waals surface area contributed by atoms with E-state index < -0.39 is 0 Å². The normalized spacial score (nSPS) is 14.6. The number of hydrazine groups is 1. The molecule has 0 atom stereocenters. The van der Waals surface area contributed by atoms with E-state index in [1.165, 1.54) is 0 Å². The van der Waals surface area contributed by atoms with Crippen LogP contribution in [0.3, 0.4) is 0 Å². The van der Waals surface area contributed by atoms with Crippen molar-refractivity contribution in [2.24, 2.45) is 0 Å². The number of rotatable bonds is 3. The number of halogens is 1. The number of nitrogens with zero attached hydrogens (tertiary/aromatic N) is 3. The molecule has 128 valence electrons. The lowest BCUT2D eigenvalue weighted by molar-refractivity contribution is 0.0844. The van der Waals surface area contributed by atoms with E-state index in [2.05, 4.69) is 33.6 Å². The molecule has 0 saturated carbocycles. The van der Waals surface area contributed by atoms with Gasteiger partial charge in [0.2, 0.25) is 0 Å². The predicted molar refractivity (Wildman–Crippen MR) is 112 cm³/mol. The lowest BCUT2D eigenvalue weighted by atomic mass is 10.1. The molecular weight excluding hydrogens is 437 g/mol. The molecule has 4 rings (SSSR count). The number of anilines is 1. The van der Waals surface area contributed by atoms with Crippen molar-refractivity contribution >= 4 is 46.1 Å². The lowest BCUT2D eigenvalue weighted by Crippen LogP contribution is -2.39. The van der Waals surface area contributed by atoms with Crippen LogP contribution in [0, 0.1) is 3.57 Å². The van der Waals surface area contributed by atoms with Crippen molar-refractivity contribution in [2.75, 3.05) is 12.1 Å². The Morgan fingerprint density at radius 2 is 1.77 bits per heavy atom. The fraction of sp³-hybridized carbons (Fsp3) is 0.0476. The van der Waals surface area contributed by atoms with E-state index in [0.29, 0.717) is 11.4 Å². The van der Waals surface area contributed by atoms with E-state index in [1.54, 1.807) is 16.2 Å². The van der Waals surface area contributed by atoms with Crippen molar-refractivity contribution in [1.29, 1.82) is 0 Å². The second-order valence-electron chi connectivity index (χ2n) is 5.96. The second kappa shape index (κ2) is 6.92. The first-order valence-electron chi connectivity index (χ1n) is 8.21. The summed E-state index contributed by atoms with van der Waals surface area (Å²) in [5.41, 5.74) is 3.54. The van der Waals surface area contributed by atoms with Crippen LogP contribution in [0.4, 0.5) is 5.82 Å². The van der Waals surface area contributed by atoms with Gasteiger partial charge in [0.05, 0.1) is 11.3 Å². The van der Waals surface area contributed by atoms with Gasteiger partial charge in [0.25, 0.3) is 5.91 Å². The van der Waals surface area contributed by atoms with Crippen LogP contribution in [0.5, 0.6) is 0 Å². The first-order valence-corrected chi connectivity index (χ1v) is 9.29. The third kappa shape index (κ3) is 2.99. The Kier molecular flexibility index (Phi) is 4.46. The van der Waals surface area contributed by atoms with E-state index in [0.717, 1.165) is 20.4 Å². The molecule has 1 aromatic heterocycles. The molecule has 2 aromatic carbocycles. The fourth-order valence-electron chi connectivity index (χ4n) is 3.04. The van der Waals surface area contributed by atoms with Gasteiger partial charge in [-0.1, -0.05) is 36.4 Å². The predicted octanol–water partition coefficient (Wildman–Crippen LogP) is 4.69. The molecule has 0 aliphatic carbocycles. The molecule has 3 aromatic rings. The van der Waals surface area contributed by atoms with Crippen molar-refractivity contribution in [1.82, 2.24) is 9.99 Å². The summed E-state index contributed by atoms with van der Waals surface area (Å²) >= 11 is 2.27. The van der Waals surface area contributed by atoms with Crippen molar-refractivity contribution in [3.05, 3.63) is 93.2 Å². The number of carbonyl (C=O) groups is 1. The molecule has 0 saturated heterocycles. The minimum absolute atomic E-state index is 0.0493. The Hall–Kier alpha value is -2.67. The summed E-state index contributed by atoms with van der Waals surface area (Å²) in [5, 5.41) is 3.49. The molecule has 0 radical (unpaired) electrons. The first kappa shape index (κ1) is 16.8. The number of amides is 1. The number of hydrogen-bond donors (Lipinski definition) is 0. The molecule has 26 heavy (non-hydrogen) atoms. The molecule has 0 fully saturated rings. The van der Waals surface area contributed by atoms with Crippen molar-refractivity contribution in [3.8, 4) is 0 Å². The summed E-state index contributed by atoms with van der Waals surface area (Å²) in [7, 11) is 1.86. The SMILES string of the molecule is CN(c1ccccn1)N1C(=O)c2ccc(I)cc2/C1=C/c1ccccc1. The van der Waals surface area contributed by atoms with Gasteiger partial charge in [-0.15, -0.1) is 0 Å². The maximum absolute atomic E-state index is 13.1. The zero-order valence-electron chi connectivity index (χ0n) is 14.1. The molecule has 0 N–H and O–H groups in total. The Morgan fingerprint density at radius 1 is 1.00 bits per heavy atom. The van der Waals surface area contributed by atoms with Gasteiger partial charge < -0.3 is 0 Å². The molecule has 2 heterocycles. The largest absolute Gasteiger partial charge is 0.277 e. The third-order valence-corrected chi connectivity index (χ3v) is 4.96. The van der Waals surface area contributed by atoms with Gasteiger partial charge in [-0.05, 0) is 64.6 Å². The third-order valence-electron chi connectivity index (χ3n) is 4.29. The van der Waals surface area contributed by atoms with Gasteiger partial charge in [0.1, 0.15) is 5.82 Å². The zero-order chi connectivity index (χ0) is 18.1. The maximum Gasteiger partial charge on any atom is 0.277 e. The Labute approximate surface area is 165 Å². The van der Waals surface area contributed by atoms with E-state index in [1.807, 2.05) is 73.8 Å². The van der Waals surface area contributed by atoms with Crippen molar-refractivity contribution in [2.45, 2.75) is 0 Å². The minimum atomic E-state index is -0.0493. The van der Waals surface area contributed by atoms with Crippen LogP contribution >= 0.6 is 22.6 Å². The lowest BCUT2D eigenvalue weighted by Gasteiger charge is -2.30. The van der Waals surface area contributed by atoms with E-state index in [9.17, 15) is 4.79 Å². The monoisotopic (exact) mass is 453 g/mol. The average Bonchev–Trinajstić information content (AvgIpc) is 2.94. The van der Waals surface area contributed by atoms with Crippen LogP contribution in [0.1, 0.15) is 21.5 Å². The highest BCUT2D eigenvalue weighted by Gasteiger charge is 2.35. The summed E-state index contributed by atoms with van der Waals surface area (Å²) in [5.74, 6) is 0.661. The molecule has 1 aliphatic rings. The number of aromatic nitrogens is 1. The summed E-state index contributed by atoms with van der Waals surface area (Å²) < 4.78 is 1.09. The van der Waals surface area contributed by atoms with E-state index in [-0.39, 0.29) is 5.91 Å². The van der Waals surface area contributed by atoms with Crippen LogP contribution in [-0.2, 0) is 0 Å². The highest BCUT2D eigenvalue weighted by atomic mass is 127. The van der Waals surface area contributed by atoms with Gasteiger partial charge in [0.15, 0.2) is 0 Å². The Morgan fingerprint density at radius 3 is 2.50 bits per heavy atom. The topological polar surface area (TPSA) is 36.4 Å². The fourth-order valence-corrected chi connectivity index (χ4v) is 3.54. The molecule has 1 amide bonds. The minimum Gasteiger partial charge on any atom is -0.267 e. The van der Waals surface area contributed by atoms with Crippen LogP contribution in [-0.4, -0.2) is 22.9 Å². The van der Waals surface area contributed by atoms with Gasteiger partial charge in [-0.3, -0.25) is 9.80 Å². The smallest absolute Gasteiger partial charge is 0.267 e. The number of pyridine rings is 1. The number of benzene rings is 2. The highest BCUT2D eigenvalue weighted by Crippen LogP contribution is 2.37. The van der Waals surface area contributed by atoms with Crippen LogP contribution in [0.15, 0.2) is 72.9 Å². The molecular formula is C21H16IN3O. The average molecular weight is 453 g/mol. The molecule has 0 unspecified atom stereocenters. The zero-order valence-corrected chi connectivity index (χ0v) is 16.3. The quantitative estimate of drug-likeness (QED) is 0.540.